The van der Waals surface area contributed by atoms with Gasteiger partial charge in [0.15, 0.2) is 5.82 Å². The number of hydrogen-bond donors (Lipinski definition) is 1. The molecule has 1 aromatic heterocycles. The molecule has 1 amide bonds. The number of carbonyl (C=O) groups excluding carboxylic acids is 1. The number of nitrogen functional groups attached to an aromatic ring is 1. The molecule has 8 nitrogen and oxygen atoms in total. The molecule has 0 unspecified atom stereocenters. The Hall–Kier alpha value is -3.03. The van der Waals surface area contributed by atoms with Crippen molar-refractivity contribution in [2.24, 2.45) is 0 Å². The summed E-state index contributed by atoms with van der Waals surface area (Å²) in [6.07, 6.45) is 4.16. The van der Waals surface area contributed by atoms with Gasteiger partial charge in [-0.15, -0.1) is 0 Å². The van der Waals surface area contributed by atoms with E-state index in [0.29, 0.717) is 13.1 Å². The van der Waals surface area contributed by atoms with Gasteiger partial charge in [0.2, 0.25) is 0 Å². The number of anilines is 4. The second kappa shape index (κ2) is 8.77. The summed E-state index contributed by atoms with van der Waals surface area (Å²) in [5, 5.41) is 0. The van der Waals surface area contributed by atoms with Gasteiger partial charge in [0.1, 0.15) is 11.4 Å². The van der Waals surface area contributed by atoms with Crippen LogP contribution in [0.3, 0.4) is 0 Å². The quantitative estimate of drug-likeness (QED) is 0.727. The number of aromatic nitrogens is 2. The Balaban J connectivity index is 1.69. The number of benzene rings is 1. The van der Waals surface area contributed by atoms with Gasteiger partial charge in [-0.25, -0.2) is 9.78 Å². The zero-order valence-electron chi connectivity index (χ0n) is 18.6. The van der Waals surface area contributed by atoms with Crippen LogP contribution >= 0.6 is 0 Å². The van der Waals surface area contributed by atoms with Gasteiger partial charge in [-0.2, -0.15) is 0 Å². The van der Waals surface area contributed by atoms with Gasteiger partial charge in [0.05, 0.1) is 12.4 Å². The van der Waals surface area contributed by atoms with Crippen LogP contribution in [0.15, 0.2) is 30.6 Å². The summed E-state index contributed by atoms with van der Waals surface area (Å²) in [5.41, 5.74) is 8.55. The zero-order chi connectivity index (χ0) is 21.9. The molecule has 0 aliphatic carbocycles. The van der Waals surface area contributed by atoms with Crippen molar-refractivity contribution in [3.8, 4) is 0 Å². The van der Waals surface area contributed by atoms with Crippen molar-refractivity contribution in [3.63, 3.8) is 0 Å². The number of nitrogens with two attached hydrogens (primary N) is 1. The number of hydrogen-bond acceptors (Lipinski definition) is 7. The summed E-state index contributed by atoms with van der Waals surface area (Å²) in [6, 6.07) is 5.98. The molecule has 30 heavy (non-hydrogen) atoms. The van der Waals surface area contributed by atoms with E-state index < -0.39 is 5.60 Å². The van der Waals surface area contributed by atoms with Crippen molar-refractivity contribution in [1.29, 1.82) is 0 Å². The lowest BCUT2D eigenvalue weighted by molar-refractivity contribution is 0.0303. The van der Waals surface area contributed by atoms with E-state index in [-0.39, 0.29) is 6.09 Å². The van der Waals surface area contributed by atoms with E-state index >= 15 is 0 Å². The lowest BCUT2D eigenvalue weighted by atomic mass is 10.1. The Labute approximate surface area is 178 Å². The topological polar surface area (TPSA) is 87.8 Å². The first-order chi connectivity index (χ1) is 14.2. The summed E-state index contributed by atoms with van der Waals surface area (Å²) in [4.78, 5) is 27.4. The molecule has 3 rings (SSSR count). The fourth-order valence-electron chi connectivity index (χ4n) is 3.42. The molecule has 1 aromatic carbocycles. The maximum atomic E-state index is 12.2. The van der Waals surface area contributed by atoms with Crippen LogP contribution in [0.25, 0.3) is 0 Å². The van der Waals surface area contributed by atoms with Gasteiger partial charge in [-0.3, -0.25) is 4.98 Å². The predicted molar refractivity (Wildman–Crippen MR) is 120 cm³/mol. The Morgan fingerprint density at radius 3 is 2.73 bits per heavy atom. The third kappa shape index (κ3) is 5.11. The Kier molecular flexibility index (Phi) is 6.34. The van der Waals surface area contributed by atoms with Gasteiger partial charge in [-0.1, -0.05) is 0 Å². The normalized spacial score (nSPS) is 13.2. The highest BCUT2D eigenvalue weighted by molar-refractivity contribution is 5.70. The van der Waals surface area contributed by atoms with Crippen molar-refractivity contribution in [2.75, 3.05) is 48.8 Å². The lowest BCUT2D eigenvalue weighted by Crippen LogP contribution is -2.39. The van der Waals surface area contributed by atoms with Gasteiger partial charge < -0.3 is 25.2 Å². The summed E-state index contributed by atoms with van der Waals surface area (Å²) >= 11 is 0. The zero-order valence-corrected chi connectivity index (χ0v) is 18.6. The first-order valence-electron chi connectivity index (χ1n) is 10.3. The summed E-state index contributed by atoms with van der Waals surface area (Å²) in [5.74, 6) is 1.60. The summed E-state index contributed by atoms with van der Waals surface area (Å²) in [7, 11) is 1.75. The van der Waals surface area contributed by atoms with E-state index in [9.17, 15) is 4.79 Å². The van der Waals surface area contributed by atoms with E-state index in [2.05, 4.69) is 21.7 Å². The van der Waals surface area contributed by atoms with Gasteiger partial charge in [0.25, 0.3) is 0 Å². The van der Waals surface area contributed by atoms with Gasteiger partial charge in [-0.05, 0) is 57.9 Å². The molecule has 1 aliphatic rings. The molecule has 2 heterocycles. The van der Waals surface area contributed by atoms with Crippen molar-refractivity contribution in [1.82, 2.24) is 14.9 Å². The highest BCUT2D eigenvalue weighted by Crippen LogP contribution is 2.34. The van der Waals surface area contributed by atoms with E-state index in [1.807, 2.05) is 39.0 Å². The second-order valence-electron chi connectivity index (χ2n) is 8.51. The predicted octanol–water partition coefficient (Wildman–Crippen LogP) is 3.45. The minimum absolute atomic E-state index is 0.327. The van der Waals surface area contributed by atoms with Crippen LogP contribution < -0.4 is 15.5 Å². The van der Waals surface area contributed by atoms with Gasteiger partial charge in [0, 0.05) is 44.6 Å². The number of amides is 1. The maximum absolute atomic E-state index is 12.2. The molecule has 0 radical (unpaired) electrons. The Morgan fingerprint density at radius 1 is 1.27 bits per heavy atom. The molecule has 1 aliphatic heterocycles. The molecule has 162 valence electrons. The highest BCUT2D eigenvalue weighted by Gasteiger charge is 2.23. The van der Waals surface area contributed by atoms with Crippen molar-refractivity contribution >= 4 is 29.1 Å². The number of rotatable bonds is 6. The minimum Gasteiger partial charge on any atom is -0.444 e. The maximum Gasteiger partial charge on any atom is 0.410 e. The number of likely N-dealkylation sites (N-methyl/N-ethyl adjacent to an activating group) is 2. The van der Waals surface area contributed by atoms with Crippen molar-refractivity contribution in [3.05, 3.63) is 36.2 Å². The SMILES string of the molecule is CCN(CCN(C)C(=O)OC(C)(C)C)c1cncc(N2CCc3cc(N)ccc32)n1. The first kappa shape index (κ1) is 21.7. The van der Waals surface area contributed by atoms with Crippen LogP contribution in [-0.4, -0.2) is 59.8 Å². The van der Waals surface area contributed by atoms with Crippen LogP contribution in [-0.2, 0) is 11.2 Å². The van der Waals surface area contributed by atoms with Crippen LogP contribution in [0.2, 0.25) is 0 Å². The van der Waals surface area contributed by atoms with Crippen LogP contribution in [0.4, 0.5) is 27.8 Å². The van der Waals surface area contributed by atoms with Crippen LogP contribution in [0, 0.1) is 0 Å². The molecule has 8 heteroatoms. The van der Waals surface area contributed by atoms with E-state index in [1.165, 1.54) is 5.56 Å². The standard InChI is InChI=1S/C22H32N6O2/c1-6-27(12-11-26(5)21(29)30-22(2,3)4)19-14-24-15-20(25-19)28-10-9-16-13-17(23)7-8-18(16)28/h7-8,13-15H,6,9-12,23H2,1-5H3. The van der Waals surface area contributed by atoms with E-state index in [0.717, 1.165) is 42.5 Å². The smallest absolute Gasteiger partial charge is 0.410 e. The summed E-state index contributed by atoms with van der Waals surface area (Å²) in [6.45, 7) is 10.4. The molecule has 0 spiro atoms. The average molecular weight is 413 g/mol. The number of carbonyl (C=O) groups is 1. The molecule has 2 N–H and O–H groups in total. The second-order valence-corrected chi connectivity index (χ2v) is 8.51. The van der Waals surface area contributed by atoms with Crippen molar-refractivity contribution in [2.45, 2.75) is 39.7 Å². The Morgan fingerprint density at radius 2 is 2.03 bits per heavy atom. The number of fused-ring (bicyclic) bond motifs is 1. The largest absolute Gasteiger partial charge is 0.444 e. The molecule has 2 aromatic rings. The average Bonchev–Trinajstić information content (AvgIpc) is 3.10. The lowest BCUT2D eigenvalue weighted by Gasteiger charge is -2.28. The number of ether oxygens (including phenoxy) is 1. The fraction of sp³-hybridized carbons (Fsp3) is 0.500. The fourth-order valence-corrected chi connectivity index (χ4v) is 3.42. The third-order valence-electron chi connectivity index (χ3n) is 5.00. The Bertz CT molecular complexity index is 895. The minimum atomic E-state index is -0.508. The molecule has 0 saturated carbocycles. The molecular weight excluding hydrogens is 380 g/mol. The van der Waals surface area contributed by atoms with E-state index in [4.69, 9.17) is 15.5 Å². The highest BCUT2D eigenvalue weighted by atomic mass is 16.6. The molecular formula is C22H32N6O2. The molecule has 0 atom stereocenters. The molecule has 0 fully saturated rings. The van der Waals surface area contributed by atoms with Gasteiger partial charge >= 0.3 is 6.09 Å². The summed E-state index contributed by atoms with van der Waals surface area (Å²) < 4.78 is 5.42. The molecule has 0 saturated heterocycles. The monoisotopic (exact) mass is 412 g/mol. The van der Waals surface area contributed by atoms with Crippen LogP contribution in [0.5, 0.6) is 0 Å². The van der Waals surface area contributed by atoms with E-state index in [1.54, 1.807) is 24.3 Å². The first-order valence-corrected chi connectivity index (χ1v) is 10.3. The van der Waals surface area contributed by atoms with Crippen LogP contribution in [0.1, 0.15) is 33.3 Å². The van der Waals surface area contributed by atoms with Crippen molar-refractivity contribution < 1.29 is 9.53 Å². The third-order valence-corrected chi connectivity index (χ3v) is 5.00. The number of nitrogens with zero attached hydrogens (tertiary/aromatic N) is 5. The molecule has 0 bridgehead atoms.